The van der Waals surface area contributed by atoms with Crippen molar-refractivity contribution in [2.75, 3.05) is 5.32 Å². The molecule has 19 heavy (non-hydrogen) atoms. The predicted octanol–water partition coefficient (Wildman–Crippen LogP) is 3.81. The molecule has 1 atom stereocenters. The SMILES string of the molecule is FC(F)(F)c1ccc2c(c1)CC(c1ccncc1)N2. The number of halogens is 3. The lowest BCUT2D eigenvalue weighted by molar-refractivity contribution is -0.137. The van der Waals surface area contributed by atoms with E-state index in [1.165, 1.54) is 12.1 Å². The van der Waals surface area contributed by atoms with Crippen molar-refractivity contribution < 1.29 is 13.2 Å². The van der Waals surface area contributed by atoms with Gasteiger partial charge < -0.3 is 5.32 Å². The average Bonchev–Trinajstić information content (AvgIpc) is 2.81. The number of hydrogen-bond acceptors (Lipinski definition) is 2. The molecule has 2 heterocycles. The first kappa shape index (κ1) is 12.0. The third-order valence-corrected chi connectivity index (χ3v) is 3.29. The minimum absolute atomic E-state index is 0.0153. The summed E-state index contributed by atoms with van der Waals surface area (Å²) >= 11 is 0. The summed E-state index contributed by atoms with van der Waals surface area (Å²) < 4.78 is 37.9. The van der Waals surface area contributed by atoms with E-state index in [-0.39, 0.29) is 6.04 Å². The molecule has 0 spiro atoms. The number of nitrogens with one attached hydrogen (secondary N) is 1. The molecule has 1 N–H and O–H groups in total. The lowest BCUT2D eigenvalue weighted by atomic mass is 10.0. The van der Waals surface area contributed by atoms with Gasteiger partial charge in [-0.3, -0.25) is 4.98 Å². The molecule has 1 aliphatic rings. The van der Waals surface area contributed by atoms with Crippen molar-refractivity contribution in [1.29, 1.82) is 0 Å². The summed E-state index contributed by atoms with van der Waals surface area (Å²) in [6.07, 6.45) is -0.366. The summed E-state index contributed by atoms with van der Waals surface area (Å²) in [4.78, 5) is 3.94. The largest absolute Gasteiger partial charge is 0.416 e. The van der Waals surface area contributed by atoms with Gasteiger partial charge in [-0.15, -0.1) is 0 Å². The minimum atomic E-state index is -4.29. The van der Waals surface area contributed by atoms with Crippen LogP contribution in [-0.2, 0) is 12.6 Å². The maximum atomic E-state index is 12.6. The van der Waals surface area contributed by atoms with Crippen LogP contribution >= 0.6 is 0 Å². The average molecular weight is 264 g/mol. The number of nitrogens with zero attached hydrogens (tertiary/aromatic N) is 1. The summed E-state index contributed by atoms with van der Waals surface area (Å²) in [6.45, 7) is 0. The lowest BCUT2D eigenvalue weighted by Crippen LogP contribution is -2.05. The van der Waals surface area contributed by atoms with Gasteiger partial charge in [-0.25, -0.2) is 0 Å². The van der Waals surface area contributed by atoms with Gasteiger partial charge in [-0.2, -0.15) is 13.2 Å². The topological polar surface area (TPSA) is 24.9 Å². The predicted molar refractivity (Wildman–Crippen MR) is 65.7 cm³/mol. The molecule has 0 saturated heterocycles. The number of pyridine rings is 1. The fraction of sp³-hybridized carbons (Fsp3) is 0.214. The molecule has 0 radical (unpaired) electrons. The quantitative estimate of drug-likeness (QED) is 0.847. The Morgan fingerprint density at radius 2 is 1.84 bits per heavy atom. The molecule has 3 rings (SSSR count). The number of alkyl halides is 3. The van der Waals surface area contributed by atoms with Crippen LogP contribution in [0.15, 0.2) is 42.7 Å². The second-order valence-corrected chi connectivity index (χ2v) is 4.55. The molecule has 0 amide bonds. The van der Waals surface area contributed by atoms with E-state index in [4.69, 9.17) is 0 Å². The van der Waals surface area contributed by atoms with Crippen molar-refractivity contribution >= 4 is 5.69 Å². The van der Waals surface area contributed by atoms with E-state index in [0.29, 0.717) is 12.0 Å². The van der Waals surface area contributed by atoms with E-state index in [1.54, 1.807) is 12.4 Å². The van der Waals surface area contributed by atoms with Gasteiger partial charge in [-0.05, 0) is 47.9 Å². The Kier molecular flexibility index (Phi) is 2.69. The van der Waals surface area contributed by atoms with Crippen LogP contribution in [0, 0.1) is 0 Å². The number of fused-ring (bicyclic) bond motifs is 1. The molecule has 5 heteroatoms. The van der Waals surface area contributed by atoms with Crippen molar-refractivity contribution in [3.05, 3.63) is 59.4 Å². The summed E-state index contributed by atoms with van der Waals surface area (Å²) in [5.74, 6) is 0. The zero-order valence-electron chi connectivity index (χ0n) is 9.91. The van der Waals surface area contributed by atoms with Crippen LogP contribution in [0.2, 0.25) is 0 Å². The normalized spacial score (nSPS) is 17.9. The van der Waals surface area contributed by atoms with Crippen LogP contribution in [0.3, 0.4) is 0 Å². The van der Waals surface area contributed by atoms with Crippen LogP contribution in [0.5, 0.6) is 0 Å². The van der Waals surface area contributed by atoms with Gasteiger partial charge in [0.1, 0.15) is 0 Å². The van der Waals surface area contributed by atoms with Crippen molar-refractivity contribution in [3.8, 4) is 0 Å². The number of aromatic nitrogens is 1. The molecule has 2 nitrogen and oxygen atoms in total. The van der Waals surface area contributed by atoms with Gasteiger partial charge in [0, 0.05) is 18.1 Å². The highest BCUT2D eigenvalue weighted by atomic mass is 19.4. The van der Waals surface area contributed by atoms with E-state index < -0.39 is 11.7 Å². The maximum Gasteiger partial charge on any atom is 0.416 e. The Morgan fingerprint density at radius 1 is 1.11 bits per heavy atom. The molecule has 0 aliphatic carbocycles. The monoisotopic (exact) mass is 264 g/mol. The summed E-state index contributed by atoms with van der Waals surface area (Å²) in [5, 5.41) is 3.23. The van der Waals surface area contributed by atoms with Gasteiger partial charge in [0.25, 0.3) is 0 Å². The van der Waals surface area contributed by atoms with E-state index >= 15 is 0 Å². The highest BCUT2D eigenvalue weighted by Crippen LogP contribution is 2.38. The van der Waals surface area contributed by atoms with Crippen LogP contribution in [-0.4, -0.2) is 4.98 Å². The fourth-order valence-corrected chi connectivity index (χ4v) is 2.34. The second kappa shape index (κ2) is 4.26. The smallest absolute Gasteiger partial charge is 0.378 e. The van der Waals surface area contributed by atoms with Gasteiger partial charge in [0.15, 0.2) is 0 Å². The Hall–Kier alpha value is -2.04. The van der Waals surface area contributed by atoms with Gasteiger partial charge in [-0.1, -0.05) is 0 Å². The molecule has 0 fully saturated rings. The molecule has 98 valence electrons. The van der Waals surface area contributed by atoms with E-state index in [2.05, 4.69) is 10.3 Å². The Morgan fingerprint density at radius 3 is 2.53 bits per heavy atom. The first-order chi connectivity index (χ1) is 9.04. The highest BCUT2D eigenvalue weighted by molar-refractivity contribution is 5.59. The molecule has 1 aromatic carbocycles. The highest BCUT2D eigenvalue weighted by Gasteiger charge is 2.32. The molecular formula is C14H11F3N2. The van der Waals surface area contributed by atoms with Crippen molar-refractivity contribution in [1.82, 2.24) is 4.98 Å². The van der Waals surface area contributed by atoms with E-state index in [1.807, 2.05) is 12.1 Å². The summed E-state index contributed by atoms with van der Waals surface area (Å²) in [5.41, 5.74) is 1.91. The molecule has 1 unspecified atom stereocenters. The molecule has 2 aromatic rings. The lowest BCUT2D eigenvalue weighted by Gasteiger charge is -2.10. The third kappa shape index (κ3) is 2.28. The Labute approximate surface area is 108 Å². The standard InChI is InChI=1S/C14H11F3N2/c15-14(16,17)11-1-2-12-10(7-11)8-13(19-12)9-3-5-18-6-4-9/h1-7,13,19H,8H2. The van der Waals surface area contributed by atoms with Crippen molar-refractivity contribution in [2.45, 2.75) is 18.6 Å². The fourth-order valence-electron chi connectivity index (χ4n) is 2.34. The van der Waals surface area contributed by atoms with Crippen LogP contribution in [0.25, 0.3) is 0 Å². The zero-order chi connectivity index (χ0) is 13.5. The minimum Gasteiger partial charge on any atom is -0.378 e. The number of benzene rings is 1. The zero-order valence-corrected chi connectivity index (χ0v) is 9.91. The number of anilines is 1. The van der Waals surface area contributed by atoms with Crippen LogP contribution < -0.4 is 5.32 Å². The number of rotatable bonds is 1. The first-order valence-corrected chi connectivity index (χ1v) is 5.90. The summed E-state index contributed by atoms with van der Waals surface area (Å²) in [6, 6.07) is 7.59. The third-order valence-electron chi connectivity index (χ3n) is 3.29. The number of hydrogen-bond donors (Lipinski definition) is 1. The molecular weight excluding hydrogens is 253 g/mol. The maximum absolute atomic E-state index is 12.6. The molecule has 0 bridgehead atoms. The molecule has 1 aromatic heterocycles. The van der Waals surface area contributed by atoms with Gasteiger partial charge in [0.2, 0.25) is 0 Å². The molecule has 0 saturated carbocycles. The Balaban J connectivity index is 1.89. The Bertz CT molecular complexity index is 593. The van der Waals surface area contributed by atoms with E-state index in [0.717, 1.165) is 17.3 Å². The van der Waals surface area contributed by atoms with Crippen LogP contribution in [0.4, 0.5) is 18.9 Å². The second-order valence-electron chi connectivity index (χ2n) is 4.55. The summed E-state index contributed by atoms with van der Waals surface area (Å²) in [7, 11) is 0. The van der Waals surface area contributed by atoms with Gasteiger partial charge in [0.05, 0.1) is 11.6 Å². The van der Waals surface area contributed by atoms with Crippen molar-refractivity contribution in [3.63, 3.8) is 0 Å². The van der Waals surface area contributed by atoms with E-state index in [9.17, 15) is 13.2 Å². The molecule has 1 aliphatic heterocycles. The van der Waals surface area contributed by atoms with Crippen LogP contribution in [0.1, 0.15) is 22.7 Å². The first-order valence-electron chi connectivity index (χ1n) is 5.90. The van der Waals surface area contributed by atoms with Crippen molar-refractivity contribution in [2.24, 2.45) is 0 Å². The van der Waals surface area contributed by atoms with Gasteiger partial charge >= 0.3 is 6.18 Å².